The van der Waals surface area contributed by atoms with Crippen LogP contribution in [0.25, 0.3) is 0 Å². The van der Waals surface area contributed by atoms with Crippen LogP contribution in [-0.4, -0.2) is 53.7 Å². The van der Waals surface area contributed by atoms with Crippen LogP contribution < -0.4 is 10.1 Å². The Balaban J connectivity index is 1.94. The Labute approximate surface area is 174 Å². The van der Waals surface area contributed by atoms with Gasteiger partial charge in [0.1, 0.15) is 23.7 Å². The largest absolute Gasteiger partial charge is 0.497 e. The molecule has 2 N–H and O–H groups in total. The summed E-state index contributed by atoms with van der Waals surface area (Å²) >= 11 is 0. The Morgan fingerprint density at radius 2 is 2.13 bits per heavy atom. The number of nitrogens with zero attached hydrogens (tertiary/aromatic N) is 2. The van der Waals surface area contributed by atoms with Crippen molar-refractivity contribution in [2.45, 2.75) is 38.8 Å². The molecule has 0 fully saturated rings. The maximum atomic E-state index is 14.9. The number of aromatic nitrogens is 2. The molecular formula is C21H27FN4O4. The lowest BCUT2D eigenvalue weighted by Gasteiger charge is -2.36. The zero-order valence-corrected chi connectivity index (χ0v) is 17.6. The Morgan fingerprint density at radius 1 is 1.37 bits per heavy atom. The number of esters is 1. The van der Waals surface area contributed by atoms with Gasteiger partial charge in [0, 0.05) is 30.3 Å². The van der Waals surface area contributed by atoms with E-state index in [4.69, 9.17) is 9.47 Å². The maximum absolute atomic E-state index is 14.9. The summed E-state index contributed by atoms with van der Waals surface area (Å²) < 4.78 is 24.9. The number of methoxy groups -OCH3 is 2. The molecule has 30 heavy (non-hydrogen) atoms. The number of hydrogen-bond donors (Lipinski definition) is 2. The average molecular weight is 418 g/mol. The highest BCUT2D eigenvalue weighted by atomic mass is 19.1. The van der Waals surface area contributed by atoms with E-state index in [0.717, 1.165) is 5.69 Å². The molecule has 2 amide bonds. The van der Waals surface area contributed by atoms with E-state index in [1.807, 2.05) is 13.8 Å². The third-order valence-corrected chi connectivity index (χ3v) is 5.18. The second kappa shape index (κ2) is 9.15. The van der Waals surface area contributed by atoms with Crippen LogP contribution in [-0.2, 0) is 16.0 Å². The normalized spacial score (nSPS) is 16.7. The molecule has 8 nitrogen and oxygen atoms in total. The molecule has 0 radical (unpaired) electrons. The summed E-state index contributed by atoms with van der Waals surface area (Å²) in [6.45, 7) is 4.25. The number of imidazole rings is 1. The molecule has 1 aromatic carbocycles. The molecule has 0 bridgehead atoms. The first-order valence-electron chi connectivity index (χ1n) is 9.86. The van der Waals surface area contributed by atoms with Gasteiger partial charge in [-0.3, -0.25) is 0 Å². The number of ether oxygens (including phenoxy) is 2. The van der Waals surface area contributed by atoms with Gasteiger partial charge >= 0.3 is 12.0 Å². The van der Waals surface area contributed by atoms with Gasteiger partial charge in [0.15, 0.2) is 0 Å². The summed E-state index contributed by atoms with van der Waals surface area (Å²) in [5, 5.41) is 2.76. The number of carbonyl (C=O) groups is 2. The number of benzene rings is 1. The number of amides is 2. The Morgan fingerprint density at radius 3 is 2.77 bits per heavy atom. The fourth-order valence-electron chi connectivity index (χ4n) is 3.73. The van der Waals surface area contributed by atoms with Crippen LogP contribution in [0.3, 0.4) is 0 Å². The minimum absolute atomic E-state index is 0.170. The number of rotatable bonds is 6. The van der Waals surface area contributed by atoms with Gasteiger partial charge in [0.25, 0.3) is 0 Å². The lowest BCUT2D eigenvalue weighted by molar-refractivity contribution is -0.143. The first kappa shape index (κ1) is 21.6. The van der Waals surface area contributed by atoms with E-state index in [1.165, 1.54) is 31.5 Å². The number of hydrogen-bond acceptors (Lipinski definition) is 5. The van der Waals surface area contributed by atoms with Gasteiger partial charge in [-0.1, -0.05) is 13.8 Å². The van der Waals surface area contributed by atoms with Crippen molar-refractivity contribution in [1.29, 1.82) is 0 Å². The molecule has 0 spiro atoms. The van der Waals surface area contributed by atoms with Crippen molar-refractivity contribution in [1.82, 2.24) is 20.2 Å². The predicted octanol–water partition coefficient (Wildman–Crippen LogP) is 2.80. The topological polar surface area (TPSA) is 96.6 Å². The van der Waals surface area contributed by atoms with Gasteiger partial charge in [0.2, 0.25) is 0 Å². The molecule has 0 aliphatic carbocycles. The van der Waals surface area contributed by atoms with E-state index in [0.29, 0.717) is 36.4 Å². The summed E-state index contributed by atoms with van der Waals surface area (Å²) in [5.41, 5.74) is 1.74. The quantitative estimate of drug-likeness (QED) is 0.704. The molecule has 0 saturated carbocycles. The summed E-state index contributed by atoms with van der Waals surface area (Å²) in [4.78, 5) is 34.2. The number of fused-ring (bicyclic) bond motifs is 1. The summed E-state index contributed by atoms with van der Waals surface area (Å²) in [7, 11) is 2.75. The van der Waals surface area contributed by atoms with E-state index < -0.39 is 29.9 Å². The van der Waals surface area contributed by atoms with Crippen LogP contribution in [0.2, 0.25) is 0 Å². The van der Waals surface area contributed by atoms with Crippen LogP contribution >= 0.6 is 0 Å². The van der Waals surface area contributed by atoms with Gasteiger partial charge in [-0.15, -0.1) is 0 Å². The number of halogens is 1. The number of carbonyl (C=O) groups excluding carboxylic acids is 2. The highest BCUT2D eigenvalue weighted by Gasteiger charge is 2.37. The standard InChI is InChI=1S/C21H27FN4O4/c1-12(2)9-17(20(27)30-4)25-21(28)26-8-7-16-18(24-11-23-16)19(26)14-6-5-13(29-3)10-15(14)22/h5-6,10-12,17,19H,7-9H2,1-4H3,(H,23,24)(H,25,28)/t17-,19?/m0/s1. The van der Waals surface area contributed by atoms with Gasteiger partial charge in [-0.25, -0.2) is 19.0 Å². The lowest BCUT2D eigenvalue weighted by Crippen LogP contribution is -2.51. The summed E-state index contributed by atoms with van der Waals surface area (Å²) in [6, 6.07) is 2.52. The fourth-order valence-corrected chi connectivity index (χ4v) is 3.73. The fraction of sp³-hybridized carbons (Fsp3) is 0.476. The molecule has 9 heteroatoms. The molecule has 2 atom stereocenters. The molecule has 1 aliphatic rings. The molecule has 0 saturated heterocycles. The predicted molar refractivity (Wildman–Crippen MR) is 108 cm³/mol. The van der Waals surface area contributed by atoms with Crippen molar-refractivity contribution in [2.24, 2.45) is 5.92 Å². The molecule has 2 aromatic rings. The number of urea groups is 1. The van der Waals surface area contributed by atoms with Crippen LogP contribution in [0.1, 0.15) is 43.3 Å². The zero-order chi connectivity index (χ0) is 21.8. The average Bonchev–Trinajstić information content (AvgIpc) is 3.20. The van der Waals surface area contributed by atoms with Crippen LogP contribution in [0, 0.1) is 11.7 Å². The second-order valence-electron chi connectivity index (χ2n) is 7.65. The molecule has 3 rings (SSSR count). The first-order valence-corrected chi connectivity index (χ1v) is 9.86. The molecule has 162 valence electrons. The van der Waals surface area contributed by atoms with Gasteiger partial charge in [0.05, 0.1) is 26.2 Å². The van der Waals surface area contributed by atoms with E-state index in [2.05, 4.69) is 15.3 Å². The smallest absolute Gasteiger partial charge is 0.328 e. The first-order chi connectivity index (χ1) is 14.3. The zero-order valence-electron chi connectivity index (χ0n) is 17.6. The van der Waals surface area contributed by atoms with Gasteiger partial charge in [-0.05, 0) is 24.5 Å². The molecular weight excluding hydrogens is 391 g/mol. The molecule has 1 aliphatic heterocycles. The van der Waals surface area contributed by atoms with Crippen molar-refractivity contribution < 1.29 is 23.5 Å². The van der Waals surface area contributed by atoms with Crippen LogP contribution in [0.15, 0.2) is 24.5 Å². The Kier molecular flexibility index (Phi) is 6.59. The van der Waals surface area contributed by atoms with E-state index in [9.17, 15) is 14.0 Å². The minimum atomic E-state index is -0.788. The summed E-state index contributed by atoms with van der Waals surface area (Å²) in [6.07, 6.45) is 2.52. The van der Waals surface area contributed by atoms with Gasteiger partial charge < -0.3 is 24.7 Å². The monoisotopic (exact) mass is 418 g/mol. The molecule has 2 heterocycles. The minimum Gasteiger partial charge on any atom is -0.497 e. The van der Waals surface area contributed by atoms with Crippen LogP contribution in [0.5, 0.6) is 5.75 Å². The Bertz CT molecular complexity index is 914. The molecule has 1 unspecified atom stereocenters. The van der Waals surface area contributed by atoms with Crippen molar-refractivity contribution in [3.63, 3.8) is 0 Å². The maximum Gasteiger partial charge on any atom is 0.328 e. The second-order valence-corrected chi connectivity index (χ2v) is 7.65. The number of nitrogens with one attached hydrogen (secondary N) is 2. The number of H-pyrrole nitrogens is 1. The Hall–Kier alpha value is -3.10. The van der Waals surface area contributed by atoms with Gasteiger partial charge in [-0.2, -0.15) is 0 Å². The van der Waals surface area contributed by atoms with E-state index in [1.54, 1.807) is 12.1 Å². The van der Waals surface area contributed by atoms with Crippen molar-refractivity contribution in [3.8, 4) is 5.75 Å². The third kappa shape index (κ3) is 4.39. The van der Waals surface area contributed by atoms with Crippen LogP contribution in [0.4, 0.5) is 9.18 Å². The van der Waals surface area contributed by atoms with Crippen molar-refractivity contribution in [3.05, 3.63) is 47.3 Å². The highest BCUT2D eigenvalue weighted by Crippen LogP contribution is 2.35. The SMILES string of the molecule is COC(=O)[C@H](CC(C)C)NC(=O)N1CCc2[nH]cnc2C1c1ccc(OC)cc1F. The summed E-state index contributed by atoms with van der Waals surface area (Å²) in [5.74, 6) is -0.460. The molecule has 1 aromatic heterocycles. The van der Waals surface area contributed by atoms with E-state index >= 15 is 0 Å². The lowest BCUT2D eigenvalue weighted by atomic mass is 9.95. The van der Waals surface area contributed by atoms with Crippen molar-refractivity contribution in [2.75, 3.05) is 20.8 Å². The highest BCUT2D eigenvalue weighted by molar-refractivity contribution is 5.84. The number of aromatic amines is 1. The third-order valence-electron chi connectivity index (χ3n) is 5.18. The van der Waals surface area contributed by atoms with Crippen molar-refractivity contribution >= 4 is 12.0 Å². The van der Waals surface area contributed by atoms with E-state index in [-0.39, 0.29) is 5.92 Å².